The summed E-state index contributed by atoms with van der Waals surface area (Å²) in [6.45, 7) is 3.17. The Morgan fingerprint density at radius 1 is 0.526 bits per heavy atom. The van der Waals surface area contributed by atoms with E-state index in [1.54, 1.807) is 0 Å². The molecule has 0 unspecified atom stereocenters. The molecular weight excluding hydrogens is 462 g/mol. The predicted molar refractivity (Wildman–Crippen MR) is 160 cm³/mol. The molecule has 0 saturated carbocycles. The van der Waals surface area contributed by atoms with Crippen molar-refractivity contribution in [3.8, 4) is 22.3 Å². The number of hydrogen-bond donors (Lipinski definition) is 0. The number of nitrogens with zero attached hydrogens (tertiary/aromatic N) is 3. The number of fused-ring (bicyclic) bond motifs is 9. The maximum atomic E-state index is 4.67. The van der Waals surface area contributed by atoms with E-state index in [9.17, 15) is 0 Å². The molecule has 3 heterocycles. The zero-order chi connectivity index (χ0) is 25.2. The Morgan fingerprint density at radius 2 is 1.16 bits per heavy atom. The summed E-state index contributed by atoms with van der Waals surface area (Å²) >= 11 is 0. The molecule has 0 spiro atoms. The molecule has 0 saturated heterocycles. The van der Waals surface area contributed by atoms with Crippen LogP contribution in [0.25, 0.3) is 71.4 Å². The van der Waals surface area contributed by atoms with E-state index < -0.39 is 0 Å². The highest BCUT2D eigenvalue weighted by atomic mass is 15.0. The first-order chi connectivity index (χ1) is 18.8. The molecule has 0 fully saturated rings. The number of aryl methyl sites for hydroxylation is 1. The lowest BCUT2D eigenvalue weighted by atomic mass is 9.96. The standard InChI is InChI=1S/C35H25N3/c1-2-37-32-12-5-4-11-28(32)31-22-26(15-17-34(31)37)24-9-7-8-23(20-24)25-14-16-29-30(21-25)27-10-3-6-13-33(27)38-19-18-36-35(29)38/h3-22H,2H2,1H3. The highest BCUT2D eigenvalue weighted by Crippen LogP contribution is 2.36. The van der Waals surface area contributed by atoms with Crippen molar-refractivity contribution < 1.29 is 0 Å². The van der Waals surface area contributed by atoms with Crippen LogP contribution in [0.2, 0.25) is 0 Å². The van der Waals surface area contributed by atoms with Crippen molar-refractivity contribution in [2.45, 2.75) is 13.5 Å². The first-order valence-electron chi connectivity index (χ1n) is 13.2. The first-order valence-corrected chi connectivity index (χ1v) is 13.2. The smallest absolute Gasteiger partial charge is 0.145 e. The van der Waals surface area contributed by atoms with Gasteiger partial charge in [0, 0.05) is 51.5 Å². The first kappa shape index (κ1) is 21.2. The second kappa shape index (κ2) is 8.06. The van der Waals surface area contributed by atoms with Crippen molar-refractivity contribution in [3.63, 3.8) is 0 Å². The highest BCUT2D eigenvalue weighted by Gasteiger charge is 2.13. The van der Waals surface area contributed by atoms with Gasteiger partial charge in [-0.15, -0.1) is 0 Å². The predicted octanol–water partition coefficient (Wildman–Crippen LogP) is 9.10. The molecule has 0 N–H and O–H groups in total. The van der Waals surface area contributed by atoms with E-state index >= 15 is 0 Å². The minimum Gasteiger partial charge on any atom is -0.341 e. The van der Waals surface area contributed by atoms with Gasteiger partial charge >= 0.3 is 0 Å². The van der Waals surface area contributed by atoms with Crippen LogP contribution >= 0.6 is 0 Å². The molecule has 8 rings (SSSR count). The van der Waals surface area contributed by atoms with Gasteiger partial charge in [-0.05, 0) is 77.0 Å². The Bertz CT molecular complexity index is 2180. The molecule has 0 amide bonds. The molecule has 0 aliphatic rings. The largest absolute Gasteiger partial charge is 0.341 e. The van der Waals surface area contributed by atoms with Crippen molar-refractivity contribution in [1.82, 2.24) is 14.0 Å². The molecular formula is C35H25N3. The van der Waals surface area contributed by atoms with Gasteiger partial charge in [-0.25, -0.2) is 4.98 Å². The third-order valence-electron chi connectivity index (χ3n) is 7.97. The number of hydrogen-bond acceptors (Lipinski definition) is 1. The van der Waals surface area contributed by atoms with Crippen LogP contribution in [0.15, 0.2) is 122 Å². The topological polar surface area (TPSA) is 22.2 Å². The summed E-state index contributed by atoms with van der Waals surface area (Å²) in [7, 11) is 0. The minimum absolute atomic E-state index is 0.959. The molecule has 0 aliphatic heterocycles. The molecule has 5 aromatic carbocycles. The van der Waals surface area contributed by atoms with Crippen molar-refractivity contribution in [1.29, 1.82) is 0 Å². The van der Waals surface area contributed by atoms with E-state index in [4.69, 9.17) is 0 Å². The van der Waals surface area contributed by atoms with E-state index in [1.165, 1.54) is 65.7 Å². The van der Waals surface area contributed by atoms with Crippen LogP contribution in [0.3, 0.4) is 0 Å². The van der Waals surface area contributed by atoms with E-state index in [0.717, 1.165) is 12.2 Å². The lowest BCUT2D eigenvalue weighted by Gasteiger charge is -2.11. The summed E-state index contributed by atoms with van der Waals surface area (Å²) in [6.07, 6.45) is 3.93. The van der Waals surface area contributed by atoms with Gasteiger partial charge < -0.3 is 4.57 Å². The molecule has 0 radical (unpaired) electrons. The normalized spacial score (nSPS) is 11.9. The van der Waals surface area contributed by atoms with Crippen molar-refractivity contribution in [2.75, 3.05) is 0 Å². The molecule has 180 valence electrons. The molecule has 3 heteroatoms. The fourth-order valence-corrected chi connectivity index (χ4v) is 6.20. The summed E-state index contributed by atoms with van der Waals surface area (Å²) in [5, 5.41) is 6.27. The average Bonchev–Trinajstić information content (AvgIpc) is 3.60. The zero-order valence-corrected chi connectivity index (χ0v) is 21.1. The third-order valence-corrected chi connectivity index (χ3v) is 7.97. The van der Waals surface area contributed by atoms with Gasteiger partial charge in [-0.2, -0.15) is 0 Å². The fourth-order valence-electron chi connectivity index (χ4n) is 6.20. The average molecular weight is 488 g/mol. The second-order valence-electron chi connectivity index (χ2n) is 9.97. The fraction of sp³-hybridized carbons (Fsp3) is 0.0571. The SMILES string of the molecule is CCn1c2ccccc2c2cc(-c3cccc(-c4ccc5c(c4)c4ccccc4n4ccnc54)c3)ccc21. The van der Waals surface area contributed by atoms with Gasteiger partial charge in [-0.3, -0.25) is 4.40 Å². The van der Waals surface area contributed by atoms with Crippen LogP contribution in [-0.4, -0.2) is 14.0 Å². The van der Waals surface area contributed by atoms with Gasteiger partial charge in [0.25, 0.3) is 0 Å². The lowest BCUT2D eigenvalue weighted by Crippen LogP contribution is -1.92. The Labute approximate surface area is 220 Å². The summed E-state index contributed by atoms with van der Waals surface area (Å²) in [4.78, 5) is 4.67. The van der Waals surface area contributed by atoms with Crippen molar-refractivity contribution >= 4 is 49.1 Å². The lowest BCUT2D eigenvalue weighted by molar-refractivity contribution is 0.827. The summed E-state index contributed by atoms with van der Waals surface area (Å²) in [5.74, 6) is 0. The van der Waals surface area contributed by atoms with Gasteiger partial charge in [0.15, 0.2) is 0 Å². The number of aromatic nitrogens is 3. The van der Waals surface area contributed by atoms with E-state index in [2.05, 4.69) is 130 Å². The monoisotopic (exact) mass is 487 g/mol. The highest BCUT2D eigenvalue weighted by molar-refractivity contribution is 6.13. The van der Waals surface area contributed by atoms with Crippen LogP contribution < -0.4 is 0 Å². The molecule has 0 bridgehead atoms. The second-order valence-corrected chi connectivity index (χ2v) is 9.97. The maximum Gasteiger partial charge on any atom is 0.145 e. The van der Waals surface area contributed by atoms with Crippen LogP contribution in [-0.2, 0) is 6.54 Å². The van der Waals surface area contributed by atoms with Gasteiger partial charge in [0.05, 0.1) is 5.52 Å². The molecule has 0 atom stereocenters. The Morgan fingerprint density at radius 3 is 1.95 bits per heavy atom. The number of para-hydroxylation sites is 2. The van der Waals surface area contributed by atoms with Crippen molar-refractivity contribution in [2.24, 2.45) is 0 Å². The molecule has 0 aliphatic carbocycles. The Hall–Kier alpha value is -4.89. The maximum absolute atomic E-state index is 4.67. The van der Waals surface area contributed by atoms with Gasteiger partial charge in [-0.1, -0.05) is 66.7 Å². The number of rotatable bonds is 3. The number of imidazole rings is 1. The van der Waals surface area contributed by atoms with E-state index in [-0.39, 0.29) is 0 Å². The van der Waals surface area contributed by atoms with Crippen LogP contribution in [0, 0.1) is 0 Å². The molecule has 8 aromatic rings. The van der Waals surface area contributed by atoms with E-state index in [1.807, 2.05) is 12.4 Å². The van der Waals surface area contributed by atoms with Crippen molar-refractivity contribution in [3.05, 3.63) is 122 Å². The molecule has 3 aromatic heterocycles. The number of benzene rings is 5. The Balaban J connectivity index is 1.30. The zero-order valence-electron chi connectivity index (χ0n) is 21.1. The molecule has 38 heavy (non-hydrogen) atoms. The van der Waals surface area contributed by atoms with Crippen LogP contribution in [0.5, 0.6) is 0 Å². The summed E-state index contributed by atoms with van der Waals surface area (Å²) < 4.78 is 4.59. The van der Waals surface area contributed by atoms with Crippen LogP contribution in [0.1, 0.15) is 6.92 Å². The third kappa shape index (κ3) is 2.99. The minimum atomic E-state index is 0.959. The Kier molecular flexibility index (Phi) is 4.50. The summed E-state index contributed by atoms with van der Waals surface area (Å²) in [6, 6.07) is 39.9. The quantitative estimate of drug-likeness (QED) is 0.228. The molecule has 3 nitrogen and oxygen atoms in total. The van der Waals surface area contributed by atoms with Crippen LogP contribution in [0.4, 0.5) is 0 Å². The summed E-state index contributed by atoms with van der Waals surface area (Å²) in [5.41, 5.74) is 9.66. The van der Waals surface area contributed by atoms with E-state index in [0.29, 0.717) is 0 Å². The van der Waals surface area contributed by atoms with Gasteiger partial charge in [0.2, 0.25) is 0 Å². The van der Waals surface area contributed by atoms with Gasteiger partial charge in [0.1, 0.15) is 5.65 Å². The number of pyridine rings is 1.